The molecule has 3 aromatic rings. The largest absolute Gasteiger partial charge is 0.324 e. The van der Waals surface area contributed by atoms with Crippen molar-refractivity contribution in [3.8, 4) is 6.07 Å². The molecule has 3 rings (SSSR count). The fraction of sp³-hybridized carbons (Fsp3) is 0.143. The number of carbonyl (C=O) groups excluding carboxylic acids is 1. The quantitative estimate of drug-likeness (QED) is 0.413. The van der Waals surface area contributed by atoms with E-state index >= 15 is 0 Å². The Balaban J connectivity index is 0.00000341. The first-order valence-corrected chi connectivity index (χ1v) is 9.83. The van der Waals surface area contributed by atoms with Gasteiger partial charge in [-0.2, -0.15) is 5.26 Å². The predicted octanol–water partition coefficient (Wildman–Crippen LogP) is 5.05. The molecule has 1 heterocycles. The maximum absolute atomic E-state index is 12.1. The third-order valence-corrected chi connectivity index (χ3v) is 4.70. The molecule has 0 saturated carbocycles. The van der Waals surface area contributed by atoms with Crippen LogP contribution in [-0.4, -0.2) is 22.5 Å². The number of aromatic nitrogens is 2. The Hall–Kier alpha value is -2.89. The standard InChI is InChI=1S/C21H18Cl2N6O.ClH/c22-16-3-1-2-14(8-16)11-25-7-6-15-4-5-17(9-19(15)23)28-21(30)29-20-13-26-18(10-24)12-27-20;/h1-5,8-9,12-13,25H,6-7,11H2,(H2,27,28,29,30);1H. The van der Waals surface area contributed by atoms with Gasteiger partial charge in [-0.1, -0.05) is 41.4 Å². The number of urea groups is 1. The summed E-state index contributed by atoms with van der Waals surface area (Å²) in [7, 11) is 0. The van der Waals surface area contributed by atoms with Crippen LogP contribution in [0.25, 0.3) is 0 Å². The highest BCUT2D eigenvalue weighted by atomic mass is 35.5. The van der Waals surface area contributed by atoms with E-state index in [1.165, 1.54) is 12.4 Å². The maximum Gasteiger partial charge on any atom is 0.324 e. The van der Waals surface area contributed by atoms with E-state index in [9.17, 15) is 4.79 Å². The highest BCUT2D eigenvalue weighted by Crippen LogP contribution is 2.21. The smallest absolute Gasteiger partial charge is 0.312 e. The number of nitriles is 1. The molecule has 2 aromatic carbocycles. The van der Waals surface area contributed by atoms with Gasteiger partial charge in [0.25, 0.3) is 0 Å². The number of amides is 2. The van der Waals surface area contributed by atoms with Crippen LogP contribution in [-0.2, 0) is 13.0 Å². The first kappa shape index (κ1) is 24.4. The molecular weight excluding hydrogens is 459 g/mol. The van der Waals surface area contributed by atoms with Crippen LogP contribution in [0, 0.1) is 11.3 Å². The number of anilines is 2. The van der Waals surface area contributed by atoms with Crippen LogP contribution in [0.5, 0.6) is 0 Å². The van der Waals surface area contributed by atoms with Crippen LogP contribution in [0.2, 0.25) is 10.0 Å². The molecule has 2 amide bonds. The molecular formula is C21H19Cl3N6O. The zero-order valence-corrected chi connectivity index (χ0v) is 18.6. The van der Waals surface area contributed by atoms with Crippen LogP contribution in [0.15, 0.2) is 54.9 Å². The number of hydrogen-bond donors (Lipinski definition) is 3. The van der Waals surface area contributed by atoms with Crippen molar-refractivity contribution in [3.63, 3.8) is 0 Å². The molecule has 0 aliphatic heterocycles. The maximum atomic E-state index is 12.1. The molecule has 7 nitrogen and oxygen atoms in total. The lowest BCUT2D eigenvalue weighted by atomic mass is 10.1. The Morgan fingerprint density at radius 1 is 1.06 bits per heavy atom. The molecule has 0 atom stereocenters. The highest BCUT2D eigenvalue weighted by molar-refractivity contribution is 6.31. The fourth-order valence-corrected chi connectivity index (χ4v) is 3.15. The van der Waals surface area contributed by atoms with Crippen LogP contribution >= 0.6 is 35.6 Å². The predicted molar refractivity (Wildman–Crippen MR) is 125 cm³/mol. The molecule has 10 heteroatoms. The van der Waals surface area contributed by atoms with Gasteiger partial charge in [0.1, 0.15) is 6.07 Å². The van der Waals surface area contributed by atoms with E-state index in [1.807, 2.05) is 36.4 Å². The van der Waals surface area contributed by atoms with Crippen LogP contribution < -0.4 is 16.0 Å². The third-order valence-electron chi connectivity index (χ3n) is 4.11. The lowest BCUT2D eigenvalue weighted by Crippen LogP contribution is -2.20. The van der Waals surface area contributed by atoms with Crippen molar-refractivity contribution in [1.29, 1.82) is 5.26 Å². The molecule has 160 valence electrons. The van der Waals surface area contributed by atoms with Gasteiger partial charge >= 0.3 is 6.03 Å². The molecule has 0 spiro atoms. The van der Waals surface area contributed by atoms with Crippen LogP contribution in [0.4, 0.5) is 16.3 Å². The average Bonchev–Trinajstić information content (AvgIpc) is 2.73. The van der Waals surface area contributed by atoms with E-state index in [1.54, 1.807) is 12.1 Å². The monoisotopic (exact) mass is 476 g/mol. The van der Waals surface area contributed by atoms with E-state index in [4.69, 9.17) is 28.5 Å². The van der Waals surface area contributed by atoms with Gasteiger partial charge in [0.05, 0.1) is 12.4 Å². The number of nitrogens with zero attached hydrogens (tertiary/aromatic N) is 3. The van der Waals surface area contributed by atoms with Crippen LogP contribution in [0.1, 0.15) is 16.8 Å². The summed E-state index contributed by atoms with van der Waals surface area (Å²) in [5, 5.41) is 18.6. The fourth-order valence-electron chi connectivity index (χ4n) is 2.66. The molecule has 31 heavy (non-hydrogen) atoms. The van der Waals surface area contributed by atoms with Crippen molar-refractivity contribution in [2.45, 2.75) is 13.0 Å². The Morgan fingerprint density at radius 2 is 1.90 bits per heavy atom. The van der Waals surface area contributed by atoms with Crippen molar-refractivity contribution in [3.05, 3.63) is 81.7 Å². The Labute approximate surface area is 196 Å². The van der Waals surface area contributed by atoms with Crippen molar-refractivity contribution >= 4 is 53.1 Å². The number of hydrogen-bond acceptors (Lipinski definition) is 5. The summed E-state index contributed by atoms with van der Waals surface area (Å²) < 4.78 is 0. The topological polar surface area (TPSA) is 103 Å². The first-order chi connectivity index (χ1) is 14.5. The van der Waals surface area contributed by atoms with E-state index in [-0.39, 0.29) is 23.9 Å². The number of rotatable bonds is 7. The van der Waals surface area contributed by atoms with Crippen molar-refractivity contribution in [2.75, 3.05) is 17.2 Å². The van der Waals surface area contributed by atoms with Crippen LogP contribution in [0.3, 0.4) is 0 Å². The van der Waals surface area contributed by atoms with Crippen molar-refractivity contribution in [1.82, 2.24) is 15.3 Å². The van der Waals surface area contributed by atoms with E-state index < -0.39 is 6.03 Å². The Bertz CT molecular complexity index is 1070. The molecule has 0 saturated heterocycles. The second kappa shape index (κ2) is 12.1. The third kappa shape index (κ3) is 7.70. The van der Waals surface area contributed by atoms with E-state index in [2.05, 4.69) is 25.9 Å². The zero-order chi connectivity index (χ0) is 21.3. The van der Waals surface area contributed by atoms with Crippen molar-refractivity contribution < 1.29 is 4.79 Å². The molecule has 0 aliphatic carbocycles. The summed E-state index contributed by atoms with van der Waals surface area (Å²) in [5.41, 5.74) is 2.81. The van der Waals surface area contributed by atoms with Gasteiger partial charge in [-0.15, -0.1) is 12.4 Å². The molecule has 0 radical (unpaired) electrons. The van der Waals surface area contributed by atoms with E-state index in [0.29, 0.717) is 10.7 Å². The summed E-state index contributed by atoms with van der Waals surface area (Å²) in [6, 6.07) is 14.4. The minimum absolute atomic E-state index is 0. The summed E-state index contributed by atoms with van der Waals surface area (Å²) in [6.45, 7) is 1.47. The van der Waals surface area contributed by atoms with Crippen molar-refractivity contribution in [2.24, 2.45) is 0 Å². The Morgan fingerprint density at radius 3 is 2.58 bits per heavy atom. The molecule has 0 bridgehead atoms. The average molecular weight is 478 g/mol. The minimum atomic E-state index is -0.485. The first-order valence-electron chi connectivity index (χ1n) is 9.07. The van der Waals surface area contributed by atoms with Gasteiger partial charge in [-0.3, -0.25) is 5.32 Å². The molecule has 0 unspecified atom stereocenters. The SMILES string of the molecule is Cl.N#Cc1cnc(NC(=O)Nc2ccc(CCNCc3cccc(Cl)c3)c(Cl)c2)cn1. The number of nitrogens with one attached hydrogen (secondary N) is 3. The number of halogens is 3. The summed E-state index contributed by atoms with van der Waals surface area (Å²) in [4.78, 5) is 19.9. The van der Waals surface area contributed by atoms with Gasteiger partial charge in [-0.25, -0.2) is 14.8 Å². The van der Waals surface area contributed by atoms with Gasteiger partial charge in [0, 0.05) is 22.3 Å². The second-order valence-electron chi connectivity index (χ2n) is 6.34. The van der Waals surface area contributed by atoms with E-state index in [0.717, 1.165) is 35.7 Å². The Kier molecular flexibility index (Phi) is 9.50. The molecule has 0 aliphatic rings. The summed E-state index contributed by atoms with van der Waals surface area (Å²) in [5.74, 6) is 0.236. The van der Waals surface area contributed by atoms with Gasteiger partial charge in [0.2, 0.25) is 0 Å². The lowest BCUT2D eigenvalue weighted by Gasteiger charge is -2.10. The molecule has 1 aromatic heterocycles. The minimum Gasteiger partial charge on any atom is -0.312 e. The summed E-state index contributed by atoms with van der Waals surface area (Å²) >= 11 is 12.3. The molecule has 0 fully saturated rings. The van der Waals surface area contributed by atoms with Gasteiger partial charge < -0.3 is 10.6 Å². The lowest BCUT2D eigenvalue weighted by molar-refractivity contribution is 0.262. The number of carbonyl (C=O) groups is 1. The summed E-state index contributed by atoms with van der Waals surface area (Å²) in [6.07, 6.45) is 3.33. The second-order valence-corrected chi connectivity index (χ2v) is 7.18. The normalized spacial score (nSPS) is 9.97. The number of benzene rings is 2. The van der Waals surface area contributed by atoms with Gasteiger partial charge in [0.15, 0.2) is 11.5 Å². The zero-order valence-electron chi connectivity index (χ0n) is 16.2. The molecule has 3 N–H and O–H groups in total. The highest BCUT2D eigenvalue weighted by Gasteiger charge is 2.07. The van der Waals surface area contributed by atoms with Gasteiger partial charge in [-0.05, 0) is 48.4 Å².